The molecule has 0 aromatic heterocycles. The van der Waals surface area contributed by atoms with Gasteiger partial charge >= 0.3 is 0 Å². The van der Waals surface area contributed by atoms with Crippen molar-refractivity contribution in [3.63, 3.8) is 0 Å². The number of hydrogen-bond donors (Lipinski definition) is 2. The Balaban J connectivity index is 0.00000576. The average Bonchev–Trinajstić information content (AvgIpc) is 3.05. The molecule has 1 unspecified atom stereocenters. The first kappa shape index (κ1) is 24.9. The van der Waals surface area contributed by atoms with E-state index < -0.39 is 0 Å². The second-order valence-electron chi connectivity index (χ2n) is 7.03. The lowest BCUT2D eigenvalue weighted by atomic mass is 9.83. The number of halogens is 1. The van der Waals surface area contributed by atoms with Gasteiger partial charge in [0.25, 0.3) is 0 Å². The molecule has 0 amide bonds. The fourth-order valence-corrected chi connectivity index (χ4v) is 3.79. The van der Waals surface area contributed by atoms with Gasteiger partial charge < -0.3 is 15.4 Å². The van der Waals surface area contributed by atoms with Gasteiger partial charge in [0.2, 0.25) is 0 Å². The topological polar surface area (TPSA) is 48.9 Å². The predicted octanol–water partition coefficient (Wildman–Crippen LogP) is 3.49. The minimum atomic E-state index is 0. The zero-order chi connectivity index (χ0) is 17.8. The van der Waals surface area contributed by atoms with Gasteiger partial charge in [0.15, 0.2) is 5.96 Å². The highest BCUT2D eigenvalue weighted by Gasteiger charge is 2.33. The van der Waals surface area contributed by atoms with Gasteiger partial charge in [-0.2, -0.15) is 0 Å². The van der Waals surface area contributed by atoms with Crippen LogP contribution in [-0.2, 0) is 4.74 Å². The molecular formula is C19H41IN4O. The molecule has 0 bridgehead atoms. The Hall–Kier alpha value is -0.0800. The highest BCUT2D eigenvalue weighted by molar-refractivity contribution is 14.0. The molecule has 1 aliphatic carbocycles. The monoisotopic (exact) mass is 468 g/mol. The summed E-state index contributed by atoms with van der Waals surface area (Å²) in [6, 6.07) is 0.511. The van der Waals surface area contributed by atoms with Crippen molar-refractivity contribution in [3.8, 4) is 0 Å². The molecule has 0 aromatic carbocycles. The summed E-state index contributed by atoms with van der Waals surface area (Å²) < 4.78 is 5.60. The third kappa shape index (κ3) is 8.91. The molecule has 0 spiro atoms. The molecule has 0 aromatic rings. The van der Waals surface area contributed by atoms with E-state index in [0.717, 1.165) is 51.8 Å². The molecule has 1 aliphatic rings. The molecule has 25 heavy (non-hydrogen) atoms. The highest BCUT2D eigenvalue weighted by Crippen LogP contribution is 2.40. The van der Waals surface area contributed by atoms with E-state index in [-0.39, 0.29) is 24.0 Å². The van der Waals surface area contributed by atoms with Crippen LogP contribution in [0.25, 0.3) is 0 Å². The predicted molar refractivity (Wildman–Crippen MR) is 119 cm³/mol. The molecule has 0 aliphatic heterocycles. The molecule has 1 atom stereocenters. The lowest BCUT2D eigenvalue weighted by Crippen LogP contribution is -2.48. The Kier molecular flexibility index (Phi) is 14.0. The molecule has 1 saturated carbocycles. The van der Waals surface area contributed by atoms with E-state index in [2.05, 4.69) is 48.2 Å². The molecule has 2 N–H and O–H groups in total. The summed E-state index contributed by atoms with van der Waals surface area (Å²) in [5.41, 5.74) is 0.386. The van der Waals surface area contributed by atoms with Gasteiger partial charge in [-0.3, -0.25) is 9.89 Å². The SMILES string of the molecule is CCOCCC1(CNC(=NC)NCC(C)N(CC)CC)CCCC1.I. The summed E-state index contributed by atoms with van der Waals surface area (Å²) >= 11 is 0. The second kappa shape index (κ2) is 14.0. The van der Waals surface area contributed by atoms with Crippen LogP contribution in [-0.4, -0.2) is 63.3 Å². The van der Waals surface area contributed by atoms with Crippen LogP contribution < -0.4 is 10.6 Å². The number of guanidine groups is 1. The summed E-state index contributed by atoms with van der Waals surface area (Å²) in [5, 5.41) is 7.07. The molecule has 5 nitrogen and oxygen atoms in total. The van der Waals surface area contributed by atoms with E-state index in [1.807, 2.05) is 7.05 Å². The zero-order valence-electron chi connectivity index (χ0n) is 17.1. The van der Waals surface area contributed by atoms with Crippen molar-refractivity contribution in [1.29, 1.82) is 0 Å². The number of likely N-dealkylation sites (N-methyl/N-ethyl adjacent to an activating group) is 1. The van der Waals surface area contributed by atoms with Crippen molar-refractivity contribution in [2.75, 3.05) is 46.4 Å². The number of rotatable bonds is 11. The van der Waals surface area contributed by atoms with Crippen molar-refractivity contribution in [1.82, 2.24) is 15.5 Å². The van der Waals surface area contributed by atoms with E-state index in [9.17, 15) is 0 Å². The second-order valence-corrected chi connectivity index (χ2v) is 7.03. The third-order valence-electron chi connectivity index (χ3n) is 5.50. The molecule has 1 fully saturated rings. The van der Waals surface area contributed by atoms with Crippen LogP contribution in [0.15, 0.2) is 4.99 Å². The van der Waals surface area contributed by atoms with Gasteiger partial charge in [0.05, 0.1) is 0 Å². The van der Waals surface area contributed by atoms with Crippen LogP contribution in [0.5, 0.6) is 0 Å². The normalized spacial score (nSPS) is 18.1. The molecule has 0 saturated heterocycles. The van der Waals surface area contributed by atoms with Crippen LogP contribution in [0.3, 0.4) is 0 Å². The maximum absolute atomic E-state index is 5.60. The largest absolute Gasteiger partial charge is 0.382 e. The molecular weight excluding hydrogens is 427 g/mol. The first-order valence-electron chi connectivity index (χ1n) is 9.87. The van der Waals surface area contributed by atoms with Crippen LogP contribution in [0.4, 0.5) is 0 Å². The summed E-state index contributed by atoms with van der Waals surface area (Å²) in [6.07, 6.45) is 6.46. The molecule has 150 valence electrons. The number of aliphatic imine (C=N–C) groups is 1. The van der Waals surface area contributed by atoms with Gasteiger partial charge in [-0.25, -0.2) is 0 Å². The van der Waals surface area contributed by atoms with Crippen molar-refractivity contribution >= 4 is 29.9 Å². The van der Waals surface area contributed by atoms with E-state index in [1.54, 1.807) is 0 Å². The fraction of sp³-hybridized carbons (Fsp3) is 0.947. The van der Waals surface area contributed by atoms with Gasteiger partial charge in [0, 0.05) is 39.4 Å². The maximum Gasteiger partial charge on any atom is 0.191 e. The minimum absolute atomic E-state index is 0. The van der Waals surface area contributed by atoms with Gasteiger partial charge in [-0.1, -0.05) is 26.7 Å². The zero-order valence-corrected chi connectivity index (χ0v) is 19.4. The fourth-order valence-electron chi connectivity index (χ4n) is 3.79. The molecule has 6 heteroatoms. The van der Waals surface area contributed by atoms with E-state index >= 15 is 0 Å². The summed E-state index contributed by atoms with van der Waals surface area (Å²) in [7, 11) is 1.86. The van der Waals surface area contributed by atoms with Crippen LogP contribution >= 0.6 is 24.0 Å². The van der Waals surface area contributed by atoms with Crippen molar-refractivity contribution < 1.29 is 4.74 Å². The molecule has 0 radical (unpaired) electrons. The summed E-state index contributed by atoms with van der Waals surface area (Å²) in [6.45, 7) is 14.6. The number of ether oxygens (including phenoxy) is 1. The first-order chi connectivity index (χ1) is 11.6. The number of nitrogens with one attached hydrogen (secondary N) is 2. The Labute approximate surface area is 172 Å². The lowest BCUT2D eigenvalue weighted by Gasteiger charge is -2.31. The molecule has 1 rings (SSSR count). The number of nitrogens with zero attached hydrogens (tertiary/aromatic N) is 2. The Morgan fingerprint density at radius 3 is 2.32 bits per heavy atom. The van der Waals surface area contributed by atoms with E-state index in [4.69, 9.17) is 4.74 Å². The Morgan fingerprint density at radius 2 is 1.80 bits per heavy atom. The van der Waals surface area contributed by atoms with E-state index in [0.29, 0.717) is 11.5 Å². The van der Waals surface area contributed by atoms with Crippen LogP contribution in [0, 0.1) is 5.41 Å². The first-order valence-corrected chi connectivity index (χ1v) is 9.87. The van der Waals surface area contributed by atoms with Gasteiger partial charge in [0.1, 0.15) is 0 Å². The highest BCUT2D eigenvalue weighted by atomic mass is 127. The standard InChI is InChI=1S/C19H40N4O.HI/c1-6-23(7-2)17(4)15-21-18(20-5)22-16-19(11-9-10-12-19)13-14-24-8-3;/h17H,6-16H2,1-5H3,(H2,20,21,22);1H. The third-order valence-corrected chi connectivity index (χ3v) is 5.50. The Bertz CT molecular complexity index is 355. The summed E-state index contributed by atoms with van der Waals surface area (Å²) in [5.74, 6) is 0.927. The maximum atomic E-state index is 5.60. The quantitative estimate of drug-likeness (QED) is 0.211. The van der Waals surface area contributed by atoms with Crippen molar-refractivity contribution in [2.45, 2.75) is 65.8 Å². The van der Waals surface area contributed by atoms with Crippen LogP contribution in [0.2, 0.25) is 0 Å². The summed E-state index contributed by atoms with van der Waals surface area (Å²) in [4.78, 5) is 6.86. The van der Waals surface area contributed by atoms with Gasteiger partial charge in [-0.15, -0.1) is 24.0 Å². The van der Waals surface area contributed by atoms with Crippen LogP contribution in [0.1, 0.15) is 59.8 Å². The lowest BCUT2D eigenvalue weighted by molar-refractivity contribution is 0.105. The van der Waals surface area contributed by atoms with E-state index in [1.165, 1.54) is 25.7 Å². The number of hydrogen-bond acceptors (Lipinski definition) is 3. The Morgan fingerprint density at radius 1 is 1.16 bits per heavy atom. The van der Waals surface area contributed by atoms with Gasteiger partial charge in [-0.05, 0) is 51.6 Å². The van der Waals surface area contributed by atoms with Crippen molar-refractivity contribution in [3.05, 3.63) is 0 Å². The van der Waals surface area contributed by atoms with Crippen molar-refractivity contribution in [2.24, 2.45) is 10.4 Å². The minimum Gasteiger partial charge on any atom is -0.382 e. The average molecular weight is 468 g/mol. The molecule has 0 heterocycles. The smallest absolute Gasteiger partial charge is 0.191 e.